The van der Waals surface area contributed by atoms with Crippen molar-refractivity contribution in [2.75, 3.05) is 11.1 Å². The molecular formula is C28H30N8O3S. The highest BCUT2D eigenvalue weighted by Gasteiger charge is 2.43. The van der Waals surface area contributed by atoms with Crippen molar-refractivity contribution >= 4 is 26.8 Å². The minimum Gasteiger partial charge on any atom is -0.360 e. The topological polar surface area (TPSA) is 146 Å². The molecule has 4 heterocycles. The lowest BCUT2D eigenvalue weighted by atomic mass is 10.0. The molecule has 0 aromatic carbocycles. The summed E-state index contributed by atoms with van der Waals surface area (Å²) in [5, 5.41) is 3.11. The van der Waals surface area contributed by atoms with Gasteiger partial charge in [-0.05, 0) is 57.6 Å². The number of sulfone groups is 1. The molecule has 3 aliphatic carbocycles. The van der Waals surface area contributed by atoms with Crippen LogP contribution in [0.4, 0.5) is 5.82 Å². The second kappa shape index (κ2) is 9.12. The zero-order valence-corrected chi connectivity index (χ0v) is 23.3. The molecule has 0 spiro atoms. The second-order valence-corrected chi connectivity index (χ2v) is 13.6. The van der Waals surface area contributed by atoms with Crippen LogP contribution in [0.1, 0.15) is 81.3 Å². The summed E-state index contributed by atoms with van der Waals surface area (Å²) in [7, 11) is -3.33. The summed E-state index contributed by atoms with van der Waals surface area (Å²) < 4.78 is 25.9. The third-order valence-electron chi connectivity index (χ3n) is 8.14. The van der Waals surface area contributed by atoms with Gasteiger partial charge in [-0.25, -0.2) is 33.3 Å². The second-order valence-electron chi connectivity index (χ2n) is 11.3. The van der Waals surface area contributed by atoms with Crippen LogP contribution in [0.5, 0.6) is 0 Å². The third kappa shape index (κ3) is 4.43. The largest absolute Gasteiger partial charge is 0.360 e. The van der Waals surface area contributed by atoms with Gasteiger partial charge >= 0.3 is 0 Å². The molecule has 12 heteroatoms. The van der Waals surface area contributed by atoms with Gasteiger partial charge in [0.25, 0.3) is 5.56 Å². The summed E-state index contributed by atoms with van der Waals surface area (Å²) in [6.07, 6.45) is 10.9. The van der Waals surface area contributed by atoms with Crippen molar-refractivity contribution in [3.8, 4) is 11.4 Å². The first-order chi connectivity index (χ1) is 19.3. The molecule has 7 rings (SSSR count). The van der Waals surface area contributed by atoms with Gasteiger partial charge in [-0.2, -0.15) is 0 Å². The highest BCUT2D eigenvalue weighted by Crippen LogP contribution is 2.49. The number of nitrogens with one attached hydrogen (secondary N) is 1. The van der Waals surface area contributed by atoms with E-state index in [0.29, 0.717) is 34.5 Å². The van der Waals surface area contributed by atoms with Gasteiger partial charge in [0.1, 0.15) is 11.8 Å². The van der Waals surface area contributed by atoms with E-state index in [1.165, 1.54) is 12.3 Å². The van der Waals surface area contributed by atoms with Crippen LogP contribution >= 0.6 is 0 Å². The average Bonchev–Trinajstić information content (AvgIpc) is 3.81. The van der Waals surface area contributed by atoms with Crippen molar-refractivity contribution in [2.24, 2.45) is 0 Å². The Labute approximate surface area is 231 Å². The van der Waals surface area contributed by atoms with E-state index in [1.54, 1.807) is 30.1 Å². The zero-order chi connectivity index (χ0) is 27.6. The number of nitrogens with zero attached hydrogens (tertiary/aromatic N) is 7. The molecule has 0 unspecified atom stereocenters. The number of fused-ring (bicyclic) bond motifs is 1. The van der Waals surface area contributed by atoms with Crippen molar-refractivity contribution in [1.82, 2.24) is 34.5 Å². The molecule has 3 saturated carbocycles. The van der Waals surface area contributed by atoms with Crippen LogP contribution < -0.4 is 10.9 Å². The van der Waals surface area contributed by atoms with Crippen LogP contribution in [0.3, 0.4) is 0 Å². The van der Waals surface area contributed by atoms with E-state index >= 15 is 0 Å². The zero-order valence-electron chi connectivity index (χ0n) is 22.5. The SMILES string of the molecule is CCS(=O)(=O)c1ccc(CNc2nc3cnc(-c4c(C5CC5)ncnc4C4CC4)nc3n(C3(C)CC3)c2=O)nc1. The fraction of sp³-hybridized carbons (Fsp3) is 0.464. The quantitative estimate of drug-likeness (QED) is 0.323. The molecule has 3 fully saturated rings. The number of hydrogen-bond donors (Lipinski definition) is 1. The number of anilines is 1. The van der Waals surface area contributed by atoms with Crippen LogP contribution in [0.15, 0.2) is 40.5 Å². The van der Waals surface area contributed by atoms with Crippen LogP contribution in [-0.2, 0) is 21.9 Å². The first-order valence-electron chi connectivity index (χ1n) is 13.8. The van der Waals surface area contributed by atoms with E-state index in [4.69, 9.17) is 9.97 Å². The van der Waals surface area contributed by atoms with Crippen LogP contribution in [0.25, 0.3) is 22.6 Å². The van der Waals surface area contributed by atoms with Crippen molar-refractivity contribution in [3.05, 3.63) is 58.3 Å². The smallest absolute Gasteiger partial charge is 0.295 e. The highest BCUT2D eigenvalue weighted by atomic mass is 32.2. The molecule has 0 radical (unpaired) electrons. The predicted molar refractivity (Wildman–Crippen MR) is 149 cm³/mol. The van der Waals surface area contributed by atoms with E-state index in [2.05, 4.69) is 32.2 Å². The van der Waals surface area contributed by atoms with Crippen LogP contribution in [0, 0.1) is 0 Å². The molecule has 0 bridgehead atoms. The predicted octanol–water partition coefficient (Wildman–Crippen LogP) is 3.71. The third-order valence-corrected chi connectivity index (χ3v) is 9.86. The lowest BCUT2D eigenvalue weighted by Gasteiger charge is -2.18. The Morgan fingerprint density at radius 2 is 1.68 bits per heavy atom. The van der Waals surface area contributed by atoms with E-state index < -0.39 is 9.84 Å². The molecule has 40 heavy (non-hydrogen) atoms. The minimum atomic E-state index is -3.33. The van der Waals surface area contributed by atoms with Gasteiger partial charge in [0.2, 0.25) is 0 Å². The summed E-state index contributed by atoms with van der Waals surface area (Å²) in [5.41, 5.74) is 3.98. The minimum absolute atomic E-state index is 0.0104. The number of rotatable bonds is 9. The van der Waals surface area contributed by atoms with Gasteiger partial charge in [-0.3, -0.25) is 14.3 Å². The molecule has 0 atom stereocenters. The van der Waals surface area contributed by atoms with E-state index in [9.17, 15) is 13.2 Å². The maximum atomic E-state index is 13.8. The molecular weight excluding hydrogens is 528 g/mol. The molecule has 1 N–H and O–H groups in total. The first kappa shape index (κ1) is 25.2. The van der Waals surface area contributed by atoms with Gasteiger partial charge in [0, 0.05) is 23.6 Å². The molecule has 11 nitrogen and oxygen atoms in total. The van der Waals surface area contributed by atoms with Crippen molar-refractivity contribution in [1.29, 1.82) is 0 Å². The van der Waals surface area contributed by atoms with Gasteiger partial charge in [-0.1, -0.05) is 6.92 Å². The van der Waals surface area contributed by atoms with Gasteiger partial charge in [0.05, 0.1) is 46.0 Å². The van der Waals surface area contributed by atoms with Crippen LogP contribution in [-0.4, -0.2) is 48.6 Å². The Kier molecular flexibility index (Phi) is 5.74. The summed E-state index contributed by atoms with van der Waals surface area (Å²) in [6.45, 7) is 3.87. The average molecular weight is 559 g/mol. The first-order valence-corrected chi connectivity index (χ1v) is 15.5. The molecule has 0 amide bonds. The summed E-state index contributed by atoms with van der Waals surface area (Å²) in [4.78, 5) is 41.8. The van der Waals surface area contributed by atoms with Crippen molar-refractivity contribution in [2.45, 2.75) is 81.2 Å². The maximum absolute atomic E-state index is 13.8. The normalized spacial score (nSPS) is 18.1. The molecule has 4 aromatic heterocycles. The Bertz CT molecular complexity index is 1780. The van der Waals surface area contributed by atoms with Gasteiger partial charge in [-0.15, -0.1) is 0 Å². The standard InChI is InChI=1S/C28H30N8O3S/c1-3-40(38,39)19-9-8-18(29-13-19)12-30-25-27(37)36(28(2)10-11-28)26-20(34-25)14-31-24(35-26)21-22(16-4-5-16)32-15-33-23(21)17-6-7-17/h8-9,13-17H,3-7,10-12H2,1-2H3,(H,30,34). The Morgan fingerprint density at radius 1 is 0.975 bits per heavy atom. The fourth-order valence-corrected chi connectivity index (χ4v) is 5.96. The Morgan fingerprint density at radius 3 is 2.25 bits per heavy atom. The highest BCUT2D eigenvalue weighted by molar-refractivity contribution is 7.91. The lowest BCUT2D eigenvalue weighted by molar-refractivity contribution is 0.527. The Balaban J connectivity index is 1.27. The molecule has 3 aliphatic rings. The molecule has 4 aromatic rings. The summed E-state index contributed by atoms with van der Waals surface area (Å²) in [5.74, 6) is 1.57. The van der Waals surface area contributed by atoms with Gasteiger partial charge in [0.15, 0.2) is 27.1 Å². The number of pyridine rings is 1. The van der Waals surface area contributed by atoms with E-state index in [0.717, 1.165) is 55.5 Å². The molecule has 206 valence electrons. The Hall–Kier alpha value is -3.80. The van der Waals surface area contributed by atoms with E-state index in [-0.39, 0.29) is 34.1 Å². The van der Waals surface area contributed by atoms with Crippen molar-refractivity contribution < 1.29 is 8.42 Å². The monoisotopic (exact) mass is 558 g/mol. The van der Waals surface area contributed by atoms with Gasteiger partial charge < -0.3 is 5.32 Å². The number of aromatic nitrogens is 7. The number of hydrogen-bond acceptors (Lipinski definition) is 10. The fourth-order valence-electron chi connectivity index (χ4n) is 5.14. The lowest BCUT2D eigenvalue weighted by Crippen LogP contribution is -2.32. The molecule has 0 aliphatic heterocycles. The van der Waals surface area contributed by atoms with Crippen molar-refractivity contribution in [3.63, 3.8) is 0 Å². The summed E-state index contributed by atoms with van der Waals surface area (Å²) in [6, 6.07) is 3.18. The summed E-state index contributed by atoms with van der Waals surface area (Å²) >= 11 is 0. The maximum Gasteiger partial charge on any atom is 0.295 e. The van der Waals surface area contributed by atoms with E-state index in [1.807, 2.05) is 0 Å². The van der Waals surface area contributed by atoms with Crippen LogP contribution in [0.2, 0.25) is 0 Å². The molecule has 0 saturated heterocycles.